The van der Waals surface area contributed by atoms with Crippen LogP contribution < -0.4 is 0 Å². The number of sulfone groups is 2. The van der Waals surface area contributed by atoms with E-state index in [0.717, 1.165) is 24.3 Å². The molecule has 0 aromatic heterocycles. The predicted octanol–water partition coefficient (Wildman–Crippen LogP) is 6.25. The van der Waals surface area contributed by atoms with Crippen molar-refractivity contribution >= 4 is 19.7 Å². The fourth-order valence-corrected chi connectivity index (χ4v) is 13.5. The van der Waals surface area contributed by atoms with Crippen molar-refractivity contribution in [2.45, 2.75) is 72.1 Å². The Bertz CT molecular complexity index is 1230. The van der Waals surface area contributed by atoms with E-state index in [0.29, 0.717) is 6.42 Å². The zero-order chi connectivity index (χ0) is 28.8. The van der Waals surface area contributed by atoms with Crippen LogP contribution in [0, 0.1) is 17.3 Å². The van der Waals surface area contributed by atoms with Gasteiger partial charge in [-0.25, -0.2) is 21.2 Å². The molecule has 4 saturated carbocycles. The predicted molar refractivity (Wildman–Crippen MR) is 114 cm³/mol. The molecule has 1 aromatic rings. The number of hydrogen-bond acceptors (Lipinski definition) is 4. The minimum atomic E-state index is -7.20. The van der Waals surface area contributed by atoms with Crippen molar-refractivity contribution in [3.8, 4) is 0 Å². The van der Waals surface area contributed by atoms with Gasteiger partial charge in [0.25, 0.3) is 5.41 Å². The summed E-state index contributed by atoms with van der Waals surface area (Å²) in [5.41, 5.74) is -9.64. The summed E-state index contributed by atoms with van der Waals surface area (Å²) in [6.45, 7) is 0. The SMILES string of the molecule is O=S(=O)(CC(C(F)(F)F)(C(F)(F)F)C(F)(F)F)C(c1ccccc1)S(=O)(=O)C12CC3CC(CC(F)(C3)C1)C2. The summed E-state index contributed by atoms with van der Waals surface area (Å²) < 4.78 is 187. The third-order valence-corrected chi connectivity index (χ3v) is 14.0. The quantitative estimate of drug-likeness (QED) is 0.360. The van der Waals surface area contributed by atoms with Gasteiger partial charge in [-0.3, -0.25) is 0 Å². The highest BCUT2D eigenvalue weighted by atomic mass is 32.3. The maximum atomic E-state index is 15.5. The molecule has 4 bridgehead atoms. The van der Waals surface area contributed by atoms with Gasteiger partial charge in [-0.1, -0.05) is 30.3 Å². The molecular formula is C22H22F10O4S2. The van der Waals surface area contributed by atoms with Gasteiger partial charge in [-0.15, -0.1) is 0 Å². The highest BCUT2D eigenvalue weighted by molar-refractivity contribution is 8.09. The zero-order valence-electron chi connectivity index (χ0n) is 19.3. The van der Waals surface area contributed by atoms with Crippen LogP contribution in [0.1, 0.15) is 48.7 Å². The second kappa shape index (κ2) is 8.46. The van der Waals surface area contributed by atoms with E-state index >= 15 is 4.39 Å². The van der Waals surface area contributed by atoms with Crippen LogP contribution in [0.5, 0.6) is 0 Å². The minimum absolute atomic E-state index is 0.0388. The maximum absolute atomic E-state index is 15.5. The van der Waals surface area contributed by atoms with Crippen molar-refractivity contribution in [1.82, 2.24) is 0 Å². The van der Waals surface area contributed by atoms with Gasteiger partial charge in [0.05, 0.1) is 10.5 Å². The van der Waals surface area contributed by atoms with E-state index in [1.165, 1.54) is 6.07 Å². The Balaban J connectivity index is 1.93. The normalized spacial score (nSPS) is 31.4. The van der Waals surface area contributed by atoms with Crippen LogP contribution in [0.4, 0.5) is 43.9 Å². The topological polar surface area (TPSA) is 68.3 Å². The molecule has 0 saturated heterocycles. The molecule has 0 heterocycles. The molecule has 4 aliphatic rings. The molecule has 0 N–H and O–H groups in total. The van der Waals surface area contributed by atoms with Crippen LogP contribution in [0.25, 0.3) is 0 Å². The fourth-order valence-electron chi connectivity index (χ4n) is 6.92. The second-order valence-electron chi connectivity index (χ2n) is 10.8. The van der Waals surface area contributed by atoms with Gasteiger partial charge in [-0.05, 0) is 49.5 Å². The number of rotatable bonds is 6. The van der Waals surface area contributed by atoms with Crippen LogP contribution in [0.3, 0.4) is 0 Å². The third-order valence-electron chi connectivity index (χ3n) is 8.09. The van der Waals surface area contributed by atoms with Crippen LogP contribution >= 0.6 is 0 Å². The van der Waals surface area contributed by atoms with E-state index in [4.69, 9.17) is 0 Å². The van der Waals surface area contributed by atoms with Gasteiger partial charge >= 0.3 is 18.5 Å². The molecule has 3 atom stereocenters. The largest absolute Gasteiger partial charge is 0.413 e. The molecule has 38 heavy (non-hydrogen) atoms. The molecule has 3 unspecified atom stereocenters. The minimum Gasteiger partial charge on any atom is -0.244 e. The summed E-state index contributed by atoms with van der Waals surface area (Å²) in [5.74, 6) is -4.71. The highest BCUT2D eigenvalue weighted by Gasteiger charge is 2.85. The van der Waals surface area contributed by atoms with Gasteiger partial charge < -0.3 is 0 Å². The molecule has 216 valence electrons. The molecule has 4 fully saturated rings. The van der Waals surface area contributed by atoms with E-state index in [-0.39, 0.29) is 25.7 Å². The van der Waals surface area contributed by atoms with Crippen molar-refractivity contribution in [1.29, 1.82) is 0 Å². The van der Waals surface area contributed by atoms with E-state index < -0.39 is 88.2 Å². The number of benzene rings is 1. The van der Waals surface area contributed by atoms with Gasteiger partial charge in [0.15, 0.2) is 24.3 Å². The summed E-state index contributed by atoms with van der Waals surface area (Å²) in [6.07, 6.45) is -22.6. The first-order valence-electron chi connectivity index (χ1n) is 11.4. The Kier molecular flexibility index (Phi) is 6.55. The molecule has 0 spiro atoms. The Morgan fingerprint density at radius 3 is 1.61 bits per heavy atom. The molecule has 0 amide bonds. The average molecular weight is 605 g/mol. The van der Waals surface area contributed by atoms with Gasteiger partial charge in [0.2, 0.25) is 0 Å². The van der Waals surface area contributed by atoms with Crippen LogP contribution in [0.2, 0.25) is 0 Å². The lowest BCUT2D eigenvalue weighted by Gasteiger charge is -2.58. The Labute approximate surface area is 211 Å². The number of alkyl halides is 10. The number of halogens is 10. The van der Waals surface area contributed by atoms with Crippen molar-refractivity contribution in [3.63, 3.8) is 0 Å². The average Bonchev–Trinajstić information content (AvgIpc) is 2.68. The first kappa shape index (κ1) is 29.4. The third kappa shape index (κ3) is 4.31. The van der Waals surface area contributed by atoms with Crippen LogP contribution in [-0.2, 0) is 19.7 Å². The molecule has 16 heteroatoms. The maximum Gasteiger partial charge on any atom is 0.413 e. The Morgan fingerprint density at radius 1 is 0.763 bits per heavy atom. The molecule has 1 aromatic carbocycles. The standard InChI is InChI=1S/C22H22F10O4S2/c23-17-7-13-6-14(8-17)10-18(9-13,11-17)38(35,36)16(15-4-2-1-3-5-15)37(33,34)12-19(20(24,25)26,21(27,28)29)22(30,31)32/h1-5,13-14,16H,6-12H2. The van der Waals surface area contributed by atoms with Crippen LogP contribution in [-0.4, -0.2) is 51.5 Å². The summed E-state index contributed by atoms with van der Waals surface area (Å²) in [7, 11) is -11.8. The van der Waals surface area contributed by atoms with Crippen molar-refractivity contribution in [2.75, 3.05) is 5.75 Å². The first-order valence-corrected chi connectivity index (χ1v) is 14.7. The van der Waals surface area contributed by atoms with Crippen molar-refractivity contribution in [2.24, 2.45) is 17.3 Å². The summed E-state index contributed by atoms with van der Waals surface area (Å²) >= 11 is 0. The first-order chi connectivity index (χ1) is 17.0. The molecule has 5 rings (SSSR count). The van der Waals surface area contributed by atoms with Crippen molar-refractivity contribution in [3.05, 3.63) is 35.9 Å². The van der Waals surface area contributed by atoms with Gasteiger partial charge in [0, 0.05) is 6.42 Å². The molecule has 4 nitrogen and oxygen atoms in total. The monoisotopic (exact) mass is 604 g/mol. The summed E-state index contributed by atoms with van der Waals surface area (Å²) in [4.78, 5) is 0. The Morgan fingerprint density at radius 2 is 1.21 bits per heavy atom. The molecular weight excluding hydrogens is 582 g/mol. The number of hydrogen-bond donors (Lipinski definition) is 0. The summed E-state index contributed by atoms with van der Waals surface area (Å²) in [5, 5.41) is 0. The lowest BCUT2D eigenvalue weighted by Crippen LogP contribution is -2.64. The van der Waals surface area contributed by atoms with Crippen LogP contribution in [0.15, 0.2) is 30.3 Å². The van der Waals surface area contributed by atoms with Crippen molar-refractivity contribution < 1.29 is 60.7 Å². The molecule has 0 radical (unpaired) electrons. The smallest absolute Gasteiger partial charge is 0.244 e. The van der Waals surface area contributed by atoms with E-state index in [2.05, 4.69) is 0 Å². The molecule has 0 aliphatic heterocycles. The highest BCUT2D eigenvalue weighted by Crippen LogP contribution is 2.65. The molecule has 4 aliphatic carbocycles. The van der Waals surface area contributed by atoms with E-state index in [1.807, 2.05) is 0 Å². The van der Waals surface area contributed by atoms with E-state index in [1.54, 1.807) is 0 Å². The lowest BCUT2D eigenvalue weighted by molar-refractivity contribution is -0.418. The fraction of sp³-hybridized carbons (Fsp3) is 0.727. The zero-order valence-corrected chi connectivity index (χ0v) is 20.9. The summed E-state index contributed by atoms with van der Waals surface area (Å²) in [6, 6.07) is 4.86. The van der Waals surface area contributed by atoms with E-state index in [9.17, 15) is 56.3 Å². The second-order valence-corrected chi connectivity index (χ2v) is 15.6. The van der Waals surface area contributed by atoms with Gasteiger partial charge in [0.1, 0.15) is 5.67 Å². The lowest BCUT2D eigenvalue weighted by atomic mass is 9.54. The Hall–Kier alpha value is -1.58. The van der Waals surface area contributed by atoms with Gasteiger partial charge in [-0.2, -0.15) is 39.5 Å².